The number of hydrogen-bond donors (Lipinski definition) is 0. The smallest absolute Gasteiger partial charge is 0.0782 e. The van der Waals surface area contributed by atoms with Gasteiger partial charge in [-0.05, 0) is 44.7 Å². The Labute approximate surface area is 133 Å². The molecule has 4 rings (SSSR count). The standard InChI is InChI=1S/C17H28N4O/c1-19-10-14(9-18-19)11-20-12-15-5-4-8-22-17(15)16(13-20)21-6-2-3-7-21/h9-10,15-17H,2-8,11-13H2,1H3/t15-,16+,17-/m0/s1. The molecular formula is C17H28N4O. The molecule has 0 radical (unpaired) electrons. The summed E-state index contributed by atoms with van der Waals surface area (Å²) in [5, 5.41) is 4.31. The fourth-order valence-corrected chi connectivity index (χ4v) is 4.60. The van der Waals surface area contributed by atoms with Crippen LogP contribution in [0, 0.1) is 5.92 Å². The summed E-state index contributed by atoms with van der Waals surface area (Å²) < 4.78 is 8.13. The van der Waals surface area contributed by atoms with Crippen LogP contribution in [0.25, 0.3) is 0 Å². The van der Waals surface area contributed by atoms with Crippen LogP contribution in [0.2, 0.25) is 0 Å². The van der Waals surface area contributed by atoms with Crippen molar-refractivity contribution in [1.29, 1.82) is 0 Å². The molecule has 3 aliphatic heterocycles. The van der Waals surface area contributed by atoms with Crippen LogP contribution >= 0.6 is 0 Å². The Bertz CT molecular complexity index is 497. The van der Waals surface area contributed by atoms with Gasteiger partial charge in [-0.3, -0.25) is 14.5 Å². The first-order valence-corrected chi connectivity index (χ1v) is 8.85. The third-order valence-electron chi connectivity index (χ3n) is 5.59. The Morgan fingerprint density at radius 2 is 2.09 bits per heavy atom. The molecule has 0 amide bonds. The molecule has 122 valence electrons. The van der Waals surface area contributed by atoms with Crippen LogP contribution in [0.1, 0.15) is 31.2 Å². The van der Waals surface area contributed by atoms with Crippen LogP contribution < -0.4 is 0 Å². The molecule has 0 aromatic carbocycles. The zero-order valence-corrected chi connectivity index (χ0v) is 13.7. The topological polar surface area (TPSA) is 33.5 Å². The molecule has 22 heavy (non-hydrogen) atoms. The highest BCUT2D eigenvalue weighted by Crippen LogP contribution is 2.33. The third-order valence-corrected chi connectivity index (χ3v) is 5.59. The Morgan fingerprint density at radius 1 is 1.23 bits per heavy atom. The van der Waals surface area contributed by atoms with Gasteiger partial charge in [0.25, 0.3) is 0 Å². The zero-order chi connectivity index (χ0) is 14.9. The van der Waals surface area contributed by atoms with E-state index in [4.69, 9.17) is 4.74 Å². The largest absolute Gasteiger partial charge is 0.376 e. The predicted octanol–water partition coefficient (Wildman–Crippen LogP) is 1.50. The van der Waals surface area contributed by atoms with Gasteiger partial charge in [0.05, 0.1) is 12.3 Å². The Balaban J connectivity index is 1.48. The molecule has 3 atom stereocenters. The number of piperidine rings is 1. The highest BCUT2D eigenvalue weighted by atomic mass is 16.5. The molecule has 0 saturated carbocycles. The molecule has 3 aliphatic rings. The first-order chi connectivity index (χ1) is 10.8. The lowest BCUT2D eigenvalue weighted by atomic mass is 9.84. The van der Waals surface area contributed by atoms with Crippen LogP contribution in [0.15, 0.2) is 12.4 Å². The summed E-state index contributed by atoms with van der Waals surface area (Å²) in [6.07, 6.45) is 9.90. The highest BCUT2D eigenvalue weighted by molar-refractivity contribution is 5.05. The van der Waals surface area contributed by atoms with Crippen molar-refractivity contribution in [3.05, 3.63) is 18.0 Å². The van der Waals surface area contributed by atoms with Gasteiger partial charge in [0.2, 0.25) is 0 Å². The second-order valence-corrected chi connectivity index (χ2v) is 7.26. The van der Waals surface area contributed by atoms with E-state index in [1.54, 1.807) is 0 Å². The van der Waals surface area contributed by atoms with Crippen molar-refractivity contribution < 1.29 is 4.74 Å². The first-order valence-electron chi connectivity index (χ1n) is 8.85. The lowest BCUT2D eigenvalue weighted by molar-refractivity contribution is -0.112. The van der Waals surface area contributed by atoms with Gasteiger partial charge in [0.15, 0.2) is 0 Å². The summed E-state index contributed by atoms with van der Waals surface area (Å²) >= 11 is 0. The number of rotatable bonds is 3. The number of aromatic nitrogens is 2. The summed E-state index contributed by atoms with van der Waals surface area (Å²) in [6.45, 7) is 6.85. The maximum absolute atomic E-state index is 6.22. The van der Waals surface area contributed by atoms with Crippen molar-refractivity contribution in [3.8, 4) is 0 Å². The van der Waals surface area contributed by atoms with Gasteiger partial charge in [0, 0.05) is 51.1 Å². The van der Waals surface area contributed by atoms with Gasteiger partial charge in [-0.15, -0.1) is 0 Å². The second kappa shape index (κ2) is 6.30. The van der Waals surface area contributed by atoms with E-state index in [1.807, 2.05) is 17.9 Å². The maximum Gasteiger partial charge on any atom is 0.0782 e. The average Bonchev–Trinajstić information content (AvgIpc) is 3.18. The zero-order valence-electron chi connectivity index (χ0n) is 13.7. The average molecular weight is 304 g/mol. The molecular weight excluding hydrogens is 276 g/mol. The summed E-state index contributed by atoms with van der Waals surface area (Å²) in [5.74, 6) is 0.713. The van der Waals surface area contributed by atoms with Crippen molar-refractivity contribution in [1.82, 2.24) is 19.6 Å². The van der Waals surface area contributed by atoms with Crippen molar-refractivity contribution in [2.75, 3.05) is 32.8 Å². The van der Waals surface area contributed by atoms with Gasteiger partial charge >= 0.3 is 0 Å². The maximum atomic E-state index is 6.22. The number of aryl methyl sites for hydroxylation is 1. The fourth-order valence-electron chi connectivity index (χ4n) is 4.60. The van der Waals surface area contributed by atoms with E-state index in [9.17, 15) is 0 Å². The first kappa shape index (κ1) is 14.7. The minimum Gasteiger partial charge on any atom is -0.376 e. The lowest BCUT2D eigenvalue weighted by Gasteiger charge is -2.48. The van der Waals surface area contributed by atoms with E-state index in [0.29, 0.717) is 18.1 Å². The molecule has 3 saturated heterocycles. The number of nitrogens with zero attached hydrogens (tertiary/aromatic N) is 4. The number of hydrogen-bond acceptors (Lipinski definition) is 4. The molecule has 0 unspecified atom stereocenters. The van der Waals surface area contributed by atoms with Crippen molar-refractivity contribution in [2.24, 2.45) is 13.0 Å². The molecule has 3 fully saturated rings. The quantitative estimate of drug-likeness (QED) is 0.847. The summed E-state index contributed by atoms with van der Waals surface area (Å²) in [7, 11) is 2.00. The molecule has 0 N–H and O–H groups in total. The predicted molar refractivity (Wildman–Crippen MR) is 85.5 cm³/mol. The van der Waals surface area contributed by atoms with E-state index in [0.717, 1.165) is 19.7 Å². The van der Waals surface area contributed by atoms with Gasteiger partial charge in [-0.1, -0.05) is 0 Å². The van der Waals surface area contributed by atoms with E-state index in [2.05, 4.69) is 21.1 Å². The molecule has 1 aromatic heterocycles. The third kappa shape index (κ3) is 2.94. The molecule has 4 heterocycles. The number of fused-ring (bicyclic) bond motifs is 1. The van der Waals surface area contributed by atoms with Crippen LogP contribution in [-0.4, -0.2) is 64.5 Å². The summed E-state index contributed by atoms with van der Waals surface area (Å²) in [5.41, 5.74) is 1.33. The van der Waals surface area contributed by atoms with Crippen LogP contribution in [0.4, 0.5) is 0 Å². The Hall–Kier alpha value is -0.910. The van der Waals surface area contributed by atoms with Crippen molar-refractivity contribution in [3.63, 3.8) is 0 Å². The van der Waals surface area contributed by atoms with E-state index in [1.165, 1.54) is 50.9 Å². The molecule has 0 aliphatic carbocycles. The van der Waals surface area contributed by atoms with E-state index >= 15 is 0 Å². The summed E-state index contributed by atoms with van der Waals surface area (Å²) in [4.78, 5) is 5.33. The monoisotopic (exact) mass is 304 g/mol. The van der Waals surface area contributed by atoms with Crippen LogP contribution in [0.5, 0.6) is 0 Å². The van der Waals surface area contributed by atoms with Gasteiger partial charge in [-0.2, -0.15) is 5.10 Å². The van der Waals surface area contributed by atoms with Crippen LogP contribution in [0.3, 0.4) is 0 Å². The lowest BCUT2D eigenvalue weighted by Crippen LogP contribution is -2.60. The summed E-state index contributed by atoms with van der Waals surface area (Å²) in [6, 6.07) is 0.596. The fraction of sp³-hybridized carbons (Fsp3) is 0.824. The van der Waals surface area contributed by atoms with Gasteiger partial charge < -0.3 is 4.74 Å². The molecule has 1 aromatic rings. The molecule has 5 nitrogen and oxygen atoms in total. The van der Waals surface area contributed by atoms with Gasteiger partial charge in [-0.25, -0.2) is 0 Å². The van der Waals surface area contributed by atoms with Crippen molar-refractivity contribution >= 4 is 0 Å². The molecule has 0 bridgehead atoms. The van der Waals surface area contributed by atoms with Crippen LogP contribution in [-0.2, 0) is 18.3 Å². The number of likely N-dealkylation sites (tertiary alicyclic amines) is 2. The minimum absolute atomic E-state index is 0.469. The molecule has 5 heteroatoms. The number of ether oxygens (including phenoxy) is 1. The van der Waals surface area contributed by atoms with E-state index < -0.39 is 0 Å². The van der Waals surface area contributed by atoms with E-state index in [-0.39, 0.29) is 0 Å². The van der Waals surface area contributed by atoms with Crippen molar-refractivity contribution in [2.45, 2.75) is 44.4 Å². The van der Waals surface area contributed by atoms with Gasteiger partial charge in [0.1, 0.15) is 0 Å². The normalized spacial score (nSPS) is 34.0. The Morgan fingerprint density at radius 3 is 2.86 bits per heavy atom. The minimum atomic E-state index is 0.469. The second-order valence-electron chi connectivity index (χ2n) is 7.26. The Kier molecular flexibility index (Phi) is 4.20. The SMILES string of the molecule is Cn1cc(CN2C[C@@H]3CCCO[C@@H]3[C@H](N3CCCC3)C2)cn1. The molecule has 0 spiro atoms. The highest BCUT2D eigenvalue weighted by Gasteiger charge is 2.42.